The van der Waals surface area contributed by atoms with Crippen LogP contribution in [0.2, 0.25) is 0 Å². The van der Waals surface area contributed by atoms with Gasteiger partial charge in [0.2, 0.25) is 5.91 Å². The van der Waals surface area contributed by atoms with E-state index in [1.165, 1.54) is 11.6 Å². The number of pyridine rings is 1. The first-order valence-corrected chi connectivity index (χ1v) is 9.63. The fraction of sp³-hybridized carbons (Fsp3) is 0.409. The number of amides is 1. The smallest absolute Gasteiger partial charge is 0.250 e. The first kappa shape index (κ1) is 19.1. The molecule has 0 aliphatic carbocycles. The van der Waals surface area contributed by atoms with Crippen LogP contribution in [0.3, 0.4) is 0 Å². The van der Waals surface area contributed by atoms with Gasteiger partial charge < -0.3 is 9.47 Å². The molecule has 0 bridgehead atoms. The molecule has 0 spiro atoms. The van der Waals surface area contributed by atoms with E-state index >= 15 is 0 Å². The second-order valence-corrected chi connectivity index (χ2v) is 7.11. The third-order valence-electron chi connectivity index (χ3n) is 5.20. The summed E-state index contributed by atoms with van der Waals surface area (Å²) in [5.41, 5.74) is 1.07. The first-order valence-electron chi connectivity index (χ1n) is 9.63. The second-order valence-electron chi connectivity index (χ2n) is 7.11. The van der Waals surface area contributed by atoms with Gasteiger partial charge in [-0.25, -0.2) is 0 Å². The van der Waals surface area contributed by atoms with E-state index in [0.717, 1.165) is 19.3 Å². The molecular weight excluding hydrogens is 340 g/mol. The van der Waals surface area contributed by atoms with Crippen LogP contribution in [-0.2, 0) is 22.6 Å². The number of hydrogen-bond donors (Lipinski definition) is 0. The number of carbonyl (C=O) groups excluding carboxylic acids is 2. The lowest BCUT2D eigenvalue weighted by molar-refractivity contribution is -0.135. The number of piperidine rings is 1. The largest absolute Gasteiger partial charge is 0.342 e. The fourth-order valence-electron chi connectivity index (χ4n) is 3.60. The van der Waals surface area contributed by atoms with E-state index in [0.29, 0.717) is 26.1 Å². The Bertz CT molecular complexity index is 829. The molecule has 2 heterocycles. The minimum absolute atomic E-state index is 0.0197. The Labute approximate surface area is 159 Å². The average molecular weight is 366 g/mol. The number of hydrogen-bond acceptors (Lipinski definition) is 3. The zero-order valence-corrected chi connectivity index (χ0v) is 15.5. The number of benzene rings is 1. The molecule has 0 radical (unpaired) electrons. The molecule has 5 nitrogen and oxygen atoms in total. The summed E-state index contributed by atoms with van der Waals surface area (Å²) in [4.78, 5) is 38.6. The van der Waals surface area contributed by atoms with Crippen molar-refractivity contribution in [2.24, 2.45) is 5.92 Å². The monoisotopic (exact) mass is 366 g/mol. The lowest BCUT2D eigenvalue weighted by Gasteiger charge is -2.32. The zero-order chi connectivity index (χ0) is 19.1. The van der Waals surface area contributed by atoms with Crippen LogP contribution in [0.25, 0.3) is 0 Å². The van der Waals surface area contributed by atoms with Gasteiger partial charge in [0.25, 0.3) is 5.56 Å². The molecule has 1 atom stereocenters. The van der Waals surface area contributed by atoms with Crippen molar-refractivity contribution in [3.05, 3.63) is 70.6 Å². The van der Waals surface area contributed by atoms with Crippen molar-refractivity contribution in [2.45, 2.75) is 38.6 Å². The van der Waals surface area contributed by atoms with Crippen LogP contribution in [-0.4, -0.2) is 34.2 Å². The molecular formula is C22H26N2O3. The molecule has 1 fully saturated rings. The molecule has 2 aromatic rings. The van der Waals surface area contributed by atoms with Gasteiger partial charge in [-0.3, -0.25) is 14.4 Å². The predicted octanol–water partition coefficient (Wildman–Crippen LogP) is 2.68. The average Bonchev–Trinajstić information content (AvgIpc) is 2.72. The highest BCUT2D eigenvalue weighted by Crippen LogP contribution is 2.20. The lowest BCUT2D eigenvalue weighted by atomic mass is 9.90. The number of likely N-dealkylation sites (tertiary alicyclic amines) is 1. The Kier molecular flexibility index (Phi) is 6.58. The molecule has 1 aromatic heterocycles. The van der Waals surface area contributed by atoms with Crippen LogP contribution in [0, 0.1) is 5.92 Å². The van der Waals surface area contributed by atoms with Crippen molar-refractivity contribution >= 4 is 11.7 Å². The third-order valence-corrected chi connectivity index (χ3v) is 5.20. The van der Waals surface area contributed by atoms with Crippen molar-refractivity contribution in [3.63, 3.8) is 0 Å². The molecule has 1 amide bonds. The van der Waals surface area contributed by atoms with Crippen molar-refractivity contribution in [2.75, 3.05) is 13.1 Å². The summed E-state index contributed by atoms with van der Waals surface area (Å²) in [5.74, 6) is 0.202. The Morgan fingerprint density at radius 3 is 2.56 bits per heavy atom. The summed E-state index contributed by atoms with van der Waals surface area (Å²) < 4.78 is 1.55. The van der Waals surface area contributed by atoms with Gasteiger partial charge in [-0.15, -0.1) is 0 Å². The maximum Gasteiger partial charge on any atom is 0.250 e. The van der Waals surface area contributed by atoms with Gasteiger partial charge in [-0.1, -0.05) is 36.4 Å². The normalized spacial score (nSPS) is 16.9. The summed E-state index contributed by atoms with van der Waals surface area (Å²) in [7, 11) is 0. The molecule has 0 N–H and O–H groups in total. The lowest BCUT2D eigenvalue weighted by Crippen LogP contribution is -2.42. The molecule has 142 valence electrons. The number of rotatable bonds is 7. The van der Waals surface area contributed by atoms with E-state index in [1.54, 1.807) is 27.8 Å². The minimum Gasteiger partial charge on any atom is -0.342 e. The fourth-order valence-corrected chi connectivity index (χ4v) is 3.60. The Balaban J connectivity index is 1.49. The molecule has 1 aromatic carbocycles. The van der Waals surface area contributed by atoms with Gasteiger partial charge in [0, 0.05) is 50.7 Å². The van der Waals surface area contributed by atoms with Crippen LogP contribution in [0.5, 0.6) is 0 Å². The highest BCUT2D eigenvalue weighted by molar-refractivity contribution is 5.83. The number of Topliss-reactive ketones (excluding diaryl/α,β-unsaturated/α-hetero) is 1. The van der Waals surface area contributed by atoms with Crippen molar-refractivity contribution < 1.29 is 9.59 Å². The second kappa shape index (κ2) is 9.31. The highest BCUT2D eigenvalue weighted by Gasteiger charge is 2.27. The molecule has 5 heteroatoms. The summed E-state index contributed by atoms with van der Waals surface area (Å²) in [6.07, 6.45) is 4.97. The summed E-state index contributed by atoms with van der Waals surface area (Å²) in [6.45, 7) is 1.59. The molecule has 1 aliphatic rings. The summed E-state index contributed by atoms with van der Waals surface area (Å²) in [5, 5.41) is 0. The zero-order valence-electron chi connectivity index (χ0n) is 15.5. The van der Waals surface area contributed by atoms with Crippen molar-refractivity contribution in [3.8, 4) is 0 Å². The van der Waals surface area contributed by atoms with Gasteiger partial charge >= 0.3 is 0 Å². The molecule has 0 unspecified atom stereocenters. The molecule has 1 aliphatic heterocycles. The van der Waals surface area contributed by atoms with E-state index in [9.17, 15) is 14.4 Å². The van der Waals surface area contributed by atoms with Crippen molar-refractivity contribution in [1.29, 1.82) is 0 Å². The van der Waals surface area contributed by atoms with Crippen LogP contribution in [0.1, 0.15) is 31.2 Å². The minimum atomic E-state index is -0.0992. The molecule has 1 saturated heterocycles. The van der Waals surface area contributed by atoms with E-state index in [-0.39, 0.29) is 29.6 Å². The molecule has 0 saturated carbocycles. The Hall–Kier alpha value is -2.69. The van der Waals surface area contributed by atoms with Crippen LogP contribution >= 0.6 is 0 Å². The maximum atomic E-state index is 12.6. The number of nitrogens with zero attached hydrogens (tertiary/aromatic N) is 2. The molecule has 3 rings (SSSR count). The van der Waals surface area contributed by atoms with Gasteiger partial charge in [0.15, 0.2) is 0 Å². The first-order chi connectivity index (χ1) is 13.1. The van der Waals surface area contributed by atoms with Gasteiger partial charge in [-0.2, -0.15) is 0 Å². The van der Waals surface area contributed by atoms with Crippen molar-refractivity contribution in [1.82, 2.24) is 9.47 Å². The molecule has 27 heavy (non-hydrogen) atoms. The van der Waals surface area contributed by atoms with E-state index in [4.69, 9.17) is 0 Å². The van der Waals surface area contributed by atoms with E-state index in [1.807, 2.05) is 30.3 Å². The van der Waals surface area contributed by atoms with Crippen LogP contribution < -0.4 is 5.56 Å². The van der Waals surface area contributed by atoms with E-state index < -0.39 is 0 Å². The third kappa shape index (κ3) is 5.39. The predicted molar refractivity (Wildman–Crippen MR) is 104 cm³/mol. The van der Waals surface area contributed by atoms with Crippen LogP contribution in [0.4, 0.5) is 0 Å². The number of carbonyl (C=O) groups is 2. The number of ketones is 1. The standard InChI is InChI=1S/C22H26N2O3/c25-20(12-11-18-7-2-1-3-8-18)19-9-6-15-24(17-19)22(27)13-16-23-14-5-4-10-21(23)26/h1-5,7-8,10,14,19H,6,9,11-13,15-17H2/t19-/m1/s1. The van der Waals surface area contributed by atoms with Gasteiger partial charge in [0.1, 0.15) is 5.78 Å². The highest BCUT2D eigenvalue weighted by atomic mass is 16.2. The Morgan fingerprint density at radius 2 is 1.78 bits per heavy atom. The van der Waals surface area contributed by atoms with E-state index in [2.05, 4.69) is 0 Å². The van der Waals surface area contributed by atoms with Gasteiger partial charge in [0.05, 0.1) is 0 Å². The SMILES string of the molecule is O=C(CCc1ccccc1)[C@@H]1CCCN(C(=O)CCn2ccccc2=O)C1. The quantitative estimate of drug-likeness (QED) is 0.757. The summed E-state index contributed by atoms with van der Waals surface area (Å²) in [6, 6.07) is 15.0. The number of aromatic nitrogens is 1. The van der Waals surface area contributed by atoms with Crippen LogP contribution in [0.15, 0.2) is 59.5 Å². The topological polar surface area (TPSA) is 59.4 Å². The number of aryl methyl sites for hydroxylation is 2. The maximum absolute atomic E-state index is 12.6. The Morgan fingerprint density at radius 1 is 1.00 bits per heavy atom. The summed E-state index contributed by atoms with van der Waals surface area (Å²) >= 11 is 0. The van der Waals surface area contributed by atoms with Gasteiger partial charge in [-0.05, 0) is 30.9 Å².